The average Bonchev–Trinajstić information content (AvgIpc) is 2.61. The second kappa shape index (κ2) is 8.21. The van der Waals surface area contributed by atoms with E-state index in [-0.39, 0.29) is 11.2 Å². The summed E-state index contributed by atoms with van der Waals surface area (Å²) in [7, 11) is 1.47. The van der Waals surface area contributed by atoms with Crippen LogP contribution in [0.2, 0.25) is 0 Å². The lowest BCUT2D eigenvalue weighted by atomic mass is 9.95. The summed E-state index contributed by atoms with van der Waals surface area (Å²) in [6.45, 7) is 1.66. The molecular formula is C20H25NO4. The molecule has 1 N–H and O–H groups in total. The fraction of sp³-hybridized carbons (Fsp3) is 0.450. The Kier molecular flexibility index (Phi) is 5.76. The van der Waals surface area contributed by atoms with Gasteiger partial charge in [-0.15, -0.1) is 0 Å². The Morgan fingerprint density at radius 2 is 2.20 bits per heavy atom. The molecule has 1 fully saturated rings. The van der Waals surface area contributed by atoms with Crippen LogP contribution < -0.4 is 10.2 Å². The summed E-state index contributed by atoms with van der Waals surface area (Å²) >= 11 is 0. The molecule has 1 aliphatic rings. The van der Waals surface area contributed by atoms with Crippen LogP contribution in [-0.4, -0.2) is 29.7 Å². The van der Waals surface area contributed by atoms with Gasteiger partial charge < -0.3 is 14.3 Å². The number of ether oxygens (including phenoxy) is 1. The molecule has 25 heavy (non-hydrogen) atoms. The van der Waals surface area contributed by atoms with Crippen molar-refractivity contribution in [2.45, 2.75) is 44.7 Å². The Morgan fingerprint density at radius 1 is 1.32 bits per heavy atom. The highest BCUT2D eigenvalue weighted by molar-refractivity contribution is 5.27. The van der Waals surface area contributed by atoms with Crippen molar-refractivity contribution >= 4 is 0 Å². The Hall–Kier alpha value is -2.27. The van der Waals surface area contributed by atoms with E-state index in [0.717, 1.165) is 31.4 Å². The number of nitrogens with zero attached hydrogens (tertiary/aromatic N) is 1. The van der Waals surface area contributed by atoms with Gasteiger partial charge in [-0.2, -0.15) is 0 Å². The van der Waals surface area contributed by atoms with Gasteiger partial charge in [-0.3, -0.25) is 9.69 Å². The van der Waals surface area contributed by atoms with Crippen LogP contribution in [0.3, 0.4) is 0 Å². The molecule has 0 radical (unpaired) electrons. The normalized spacial score (nSPS) is 18.2. The molecule has 5 heteroatoms. The molecule has 2 aromatic rings. The first-order chi connectivity index (χ1) is 12.2. The number of benzene rings is 1. The SMILES string of the molecule is COc1coc(CN2CCCC[C@@H]2CCc2cccc(O)c2)cc1=O. The average molecular weight is 343 g/mol. The molecule has 1 aromatic carbocycles. The monoisotopic (exact) mass is 343 g/mol. The van der Waals surface area contributed by atoms with E-state index in [1.165, 1.54) is 32.3 Å². The summed E-state index contributed by atoms with van der Waals surface area (Å²) in [5.74, 6) is 1.23. The summed E-state index contributed by atoms with van der Waals surface area (Å²) in [6.07, 6.45) is 6.91. The Balaban J connectivity index is 1.64. The lowest BCUT2D eigenvalue weighted by molar-refractivity contribution is 0.122. The number of aromatic hydroxyl groups is 1. The molecular weight excluding hydrogens is 318 g/mol. The van der Waals surface area contributed by atoms with Gasteiger partial charge in [0.05, 0.1) is 13.7 Å². The molecule has 5 nitrogen and oxygen atoms in total. The van der Waals surface area contributed by atoms with Crippen LogP contribution in [0.15, 0.2) is 45.8 Å². The highest BCUT2D eigenvalue weighted by atomic mass is 16.5. The van der Waals surface area contributed by atoms with Crippen molar-refractivity contribution in [2.75, 3.05) is 13.7 Å². The number of methoxy groups -OCH3 is 1. The van der Waals surface area contributed by atoms with Gasteiger partial charge >= 0.3 is 0 Å². The summed E-state index contributed by atoms with van der Waals surface area (Å²) in [5.41, 5.74) is 1.01. The van der Waals surface area contributed by atoms with Gasteiger partial charge in [0.15, 0.2) is 0 Å². The lowest BCUT2D eigenvalue weighted by Gasteiger charge is -2.35. The number of rotatable bonds is 6. The third kappa shape index (κ3) is 4.63. The summed E-state index contributed by atoms with van der Waals surface area (Å²) < 4.78 is 10.5. The maximum Gasteiger partial charge on any atom is 0.227 e. The second-order valence-corrected chi connectivity index (χ2v) is 6.61. The maximum atomic E-state index is 11.9. The van der Waals surface area contributed by atoms with Gasteiger partial charge in [-0.25, -0.2) is 0 Å². The van der Waals surface area contributed by atoms with Gasteiger partial charge in [0.2, 0.25) is 11.2 Å². The van der Waals surface area contributed by atoms with Crippen molar-refractivity contribution in [2.24, 2.45) is 0 Å². The second-order valence-electron chi connectivity index (χ2n) is 6.61. The van der Waals surface area contributed by atoms with E-state index in [1.807, 2.05) is 12.1 Å². The molecule has 1 atom stereocenters. The van der Waals surface area contributed by atoms with Gasteiger partial charge in [0, 0.05) is 12.1 Å². The van der Waals surface area contributed by atoms with E-state index in [0.29, 0.717) is 24.1 Å². The van der Waals surface area contributed by atoms with E-state index in [1.54, 1.807) is 6.07 Å². The number of likely N-dealkylation sites (tertiary alicyclic amines) is 1. The number of phenolic OH excluding ortho intramolecular Hbond substituents is 1. The van der Waals surface area contributed by atoms with Crippen LogP contribution >= 0.6 is 0 Å². The number of hydrogen-bond acceptors (Lipinski definition) is 5. The Labute approximate surface area is 147 Å². The van der Waals surface area contributed by atoms with E-state index >= 15 is 0 Å². The van der Waals surface area contributed by atoms with Gasteiger partial charge in [0.25, 0.3) is 0 Å². The highest BCUT2D eigenvalue weighted by Crippen LogP contribution is 2.24. The molecule has 1 saturated heterocycles. The molecule has 3 rings (SSSR count). The zero-order chi connectivity index (χ0) is 17.6. The zero-order valence-corrected chi connectivity index (χ0v) is 14.6. The smallest absolute Gasteiger partial charge is 0.227 e. The topological polar surface area (TPSA) is 62.9 Å². The minimum atomic E-state index is -0.142. The first-order valence-corrected chi connectivity index (χ1v) is 8.83. The van der Waals surface area contributed by atoms with Crippen LogP contribution in [-0.2, 0) is 13.0 Å². The predicted molar refractivity (Wildman–Crippen MR) is 96.0 cm³/mol. The number of piperidine rings is 1. The van der Waals surface area contributed by atoms with Crippen LogP contribution in [0.1, 0.15) is 37.0 Å². The minimum Gasteiger partial charge on any atom is -0.508 e. The van der Waals surface area contributed by atoms with Crippen LogP contribution in [0.25, 0.3) is 0 Å². The summed E-state index contributed by atoms with van der Waals surface area (Å²) in [6, 6.07) is 9.45. The predicted octanol–water partition coefficient (Wildman–Crippen LogP) is 3.34. The van der Waals surface area contributed by atoms with E-state index in [4.69, 9.17) is 9.15 Å². The van der Waals surface area contributed by atoms with Gasteiger partial charge in [-0.1, -0.05) is 18.6 Å². The van der Waals surface area contributed by atoms with E-state index in [9.17, 15) is 9.90 Å². The molecule has 134 valence electrons. The lowest BCUT2D eigenvalue weighted by Crippen LogP contribution is -2.39. The molecule has 0 bridgehead atoms. The third-order valence-electron chi connectivity index (χ3n) is 4.86. The van der Waals surface area contributed by atoms with Gasteiger partial charge in [0.1, 0.15) is 17.8 Å². The fourth-order valence-electron chi connectivity index (χ4n) is 3.51. The maximum absolute atomic E-state index is 11.9. The number of aryl methyl sites for hydroxylation is 1. The van der Waals surface area contributed by atoms with Crippen LogP contribution in [0, 0.1) is 0 Å². The van der Waals surface area contributed by atoms with Gasteiger partial charge in [-0.05, 0) is 49.9 Å². The fourth-order valence-corrected chi connectivity index (χ4v) is 3.51. The van der Waals surface area contributed by atoms with Crippen LogP contribution in [0.4, 0.5) is 0 Å². The van der Waals surface area contributed by atoms with Crippen molar-refractivity contribution in [1.82, 2.24) is 4.90 Å². The molecule has 2 heterocycles. The third-order valence-corrected chi connectivity index (χ3v) is 4.86. The quantitative estimate of drug-likeness (QED) is 0.871. The van der Waals surface area contributed by atoms with Crippen molar-refractivity contribution < 1.29 is 14.3 Å². The highest BCUT2D eigenvalue weighted by Gasteiger charge is 2.23. The molecule has 1 aromatic heterocycles. The van der Waals surface area contributed by atoms with E-state index in [2.05, 4.69) is 11.0 Å². The zero-order valence-electron chi connectivity index (χ0n) is 14.6. The first kappa shape index (κ1) is 17.5. The van der Waals surface area contributed by atoms with Crippen molar-refractivity contribution in [3.63, 3.8) is 0 Å². The number of phenols is 1. The van der Waals surface area contributed by atoms with E-state index < -0.39 is 0 Å². The molecule has 0 spiro atoms. The molecule has 0 aliphatic carbocycles. The van der Waals surface area contributed by atoms with Crippen molar-refractivity contribution in [3.8, 4) is 11.5 Å². The largest absolute Gasteiger partial charge is 0.508 e. The van der Waals surface area contributed by atoms with Crippen molar-refractivity contribution in [3.05, 3.63) is 58.1 Å². The molecule has 1 aliphatic heterocycles. The molecule has 0 saturated carbocycles. The first-order valence-electron chi connectivity index (χ1n) is 8.83. The summed E-state index contributed by atoms with van der Waals surface area (Å²) in [4.78, 5) is 14.3. The Bertz CT molecular complexity index is 755. The molecule has 0 amide bonds. The molecule has 0 unspecified atom stereocenters. The number of hydrogen-bond donors (Lipinski definition) is 1. The van der Waals surface area contributed by atoms with Crippen LogP contribution in [0.5, 0.6) is 11.5 Å². The van der Waals surface area contributed by atoms with Crippen molar-refractivity contribution in [1.29, 1.82) is 0 Å². The minimum absolute atomic E-state index is 0.142. The Morgan fingerprint density at radius 3 is 2.96 bits per heavy atom. The summed E-state index contributed by atoms with van der Waals surface area (Å²) in [5, 5.41) is 9.60. The standard InChI is InChI=1S/C20H25NO4/c1-24-20-14-25-18(12-19(20)23)13-21-10-3-2-6-16(21)9-8-15-5-4-7-17(22)11-15/h4-5,7,11-12,14,16,22H,2-3,6,8-10,13H2,1H3/t16-/m1/s1.